The molecule has 0 saturated heterocycles. The van der Waals surface area contributed by atoms with E-state index in [0.717, 1.165) is 0 Å². The van der Waals surface area contributed by atoms with Gasteiger partial charge in [-0.1, -0.05) is 0 Å². The van der Waals surface area contributed by atoms with Crippen molar-refractivity contribution in [3.05, 3.63) is 27.7 Å². The van der Waals surface area contributed by atoms with Gasteiger partial charge in [0.05, 0.1) is 10.9 Å². The van der Waals surface area contributed by atoms with Crippen LogP contribution in [0.25, 0.3) is 0 Å². The van der Waals surface area contributed by atoms with E-state index in [2.05, 4.69) is 15.9 Å². The second kappa shape index (κ2) is 3.91. The summed E-state index contributed by atoms with van der Waals surface area (Å²) in [7, 11) is 0. The highest BCUT2D eigenvalue weighted by atomic mass is 79.9. The van der Waals surface area contributed by atoms with Crippen molar-refractivity contribution in [3.63, 3.8) is 0 Å². The van der Waals surface area contributed by atoms with Crippen LogP contribution in [0, 0.1) is 11.6 Å². The first kappa shape index (κ1) is 10.9. The van der Waals surface area contributed by atoms with Gasteiger partial charge in [0.25, 0.3) is 0 Å². The minimum absolute atomic E-state index is 0.338. The van der Waals surface area contributed by atoms with E-state index in [0.29, 0.717) is 6.07 Å². The number of halogens is 3. The Labute approximate surface area is 86.1 Å². The molecule has 14 heavy (non-hydrogen) atoms. The molecule has 1 aromatic rings. The number of aromatic hydroxyl groups is 1. The van der Waals surface area contributed by atoms with E-state index in [1.807, 2.05) is 0 Å². The van der Waals surface area contributed by atoms with Crippen molar-refractivity contribution in [2.75, 3.05) is 0 Å². The molecule has 3 nitrogen and oxygen atoms in total. The number of hydrogen-bond donors (Lipinski definition) is 2. The van der Waals surface area contributed by atoms with Gasteiger partial charge in [-0.3, -0.25) is 4.79 Å². The largest absolute Gasteiger partial charge is 0.507 e. The second-order valence-electron chi connectivity index (χ2n) is 2.55. The van der Waals surface area contributed by atoms with Crippen LogP contribution >= 0.6 is 15.9 Å². The Hall–Kier alpha value is -1.17. The summed E-state index contributed by atoms with van der Waals surface area (Å²) in [6.45, 7) is 0. The smallest absolute Gasteiger partial charge is 0.308 e. The van der Waals surface area contributed by atoms with Crippen LogP contribution < -0.4 is 0 Å². The van der Waals surface area contributed by atoms with E-state index in [1.165, 1.54) is 0 Å². The molecule has 0 spiro atoms. The fourth-order valence-corrected chi connectivity index (χ4v) is 1.29. The van der Waals surface area contributed by atoms with Gasteiger partial charge < -0.3 is 10.2 Å². The quantitative estimate of drug-likeness (QED) is 0.806. The number of carboxylic acid groups (broad SMARTS) is 1. The van der Waals surface area contributed by atoms with Gasteiger partial charge in [-0.25, -0.2) is 8.78 Å². The minimum atomic E-state index is -1.35. The van der Waals surface area contributed by atoms with Crippen LogP contribution in [0.1, 0.15) is 5.56 Å². The maximum Gasteiger partial charge on any atom is 0.308 e. The highest BCUT2D eigenvalue weighted by Crippen LogP contribution is 2.31. The molecule has 1 rings (SSSR count). The third-order valence-corrected chi connectivity index (χ3v) is 2.32. The number of hydrogen-bond acceptors (Lipinski definition) is 2. The molecule has 6 heteroatoms. The average Bonchev–Trinajstić information content (AvgIpc) is 2.09. The zero-order valence-corrected chi connectivity index (χ0v) is 8.31. The monoisotopic (exact) mass is 266 g/mol. The topological polar surface area (TPSA) is 57.5 Å². The summed E-state index contributed by atoms with van der Waals surface area (Å²) in [5.41, 5.74) is -0.581. The number of phenolic OH excluding ortho intramolecular Hbond substituents is 1. The van der Waals surface area contributed by atoms with Gasteiger partial charge in [-0.05, 0) is 15.9 Å². The van der Waals surface area contributed by atoms with Crippen LogP contribution in [0.4, 0.5) is 8.78 Å². The van der Waals surface area contributed by atoms with Gasteiger partial charge in [-0.15, -0.1) is 0 Å². The number of carboxylic acids is 1. The Morgan fingerprint density at radius 2 is 2.07 bits per heavy atom. The molecule has 2 N–H and O–H groups in total. The van der Waals surface area contributed by atoms with E-state index >= 15 is 0 Å². The van der Waals surface area contributed by atoms with E-state index in [4.69, 9.17) is 10.2 Å². The molecular formula is C8H5BrF2O3. The summed E-state index contributed by atoms with van der Waals surface area (Å²) in [6.07, 6.45) is -0.767. The average molecular weight is 267 g/mol. The lowest BCUT2D eigenvalue weighted by atomic mass is 10.1. The van der Waals surface area contributed by atoms with Crippen molar-refractivity contribution in [2.45, 2.75) is 6.42 Å². The highest BCUT2D eigenvalue weighted by Gasteiger charge is 2.18. The van der Waals surface area contributed by atoms with Crippen LogP contribution in [-0.2, 0) is 11.2 Å². The Bertz CT molecular complexity index is 393. The Balaban J connectivity index is 3.29. The standard InChI is InChI=1S/C8H5BrF2O3/c9-7-5(12)2-4(10)3(8(7)11)1-6(13)14/h2,12H,1H2,(H,13,14). The molecule has 0 radical (unpaired) electrons. The summed E-state index contributed by atoms with van der Waals surface area (Å²) in [5, 5.41) is 17.3. The number of aliphatic carboxylic acids is 1. The molecule has 0 aliphatic rings. The van der Waals surface area contributed by atoms with E-state index < -0.39 is 35.3 Å². The van der Waals surface area contributed by atoms with Crippen LogP contribution in [0.15, 0.2) is 10.5 Å². The first-order chi connectivity index (χ1) is 6.43. The maximum atomic E-state index is 13.2. The van der Waals surface area contributed by atoms with Gasteiger partial charge in [0.1, 0.15) is 17.4 Å². The van der Waals surface area contributed by atoms with Gasteiger partial charge in [0.2, 0.25) is 0 Å². The van der Waals surface area contributed by atoms with Crippen molar-refractivity contribution in [2.24, 2.45) is 0 Å². The summed E-state index contributed by atoms with van der Waals surface area (Å²) >= 11 is 2.67. The number of benzene rings is 1. The molecule has 1 aromatic carbocycles. The molecule has 0 atom stereocenters. The van der Waals surface area contributed by atoms with Crippen LogP contribution in [0.2, 0.25) is 0 Å². The first-order valence-electron chi connectivity index (χ1n) is 3.50. The molecule has 0 heterocycles. The third kappa shape index (κ3) is 2.01. The Kier molecular flexibility index (Phi) is 3.05. The molecule has 0 unspecified atom stereocenters. The molecule has 0 aliphatic heterocycles. The number of phenols is 1. The van der Waals surface area contributed by atoms with E-state index in [9.17, 15) is 13.6 Å². The van der Waals surface area contributed by atoms with Crippen LogP contribution in [-0.4, -0.2) is 16.2 Å². The predicted octanol–water partition coefficient (Wildman–Crippen LogP) is 2.06. The molecular weight excluding hydrogens is 262 g/mol. The van der Waals surface area contributed by atoms with Crippen LogP contribution in [0.5, 0.6) is 5.75 Å². The molecule has 0 aromatic heterocycles. The zero-order chi connectivity index (χ0) is 10.9. The maximum absolute atomic E-state index is 13.2. The Morgan fingerprint density at radius 3 is 2.57 bits per heavy atom. The van der Waals surface area contributed by atoms with E-state index in [1.54, 1.807) is 0 Å². The lowest BCUT2D eigenvalue weighted by Gasteiger charge is -2.05. The third-order valence-electron chi connectivity index (χ3n) is 1.56. The highest BCUT2D eigenvalue weighted by molar-refractivity contribution is 9.10. The molecule has 0 saturated carbocycles. The lowest BCUT2D eigenvalue weighted by molar-refractivity contribution is -0.136. The lowest BCUT2D eigenvalue weighted by Crippen LogP contribution is -2.05. The molecule has 0 aliphatic carbocycles. The van der Waals surface area contributed by atoms with Crippen molar-refractivity contribution < 1.29 is 23.8 Å². The van der Waals surface area contributed by atoms with Crippen molar-refractivity contribution >= 4 is 21.9 Å². The van der Waals surface area contributed by atoms with Crippen LogP contribution in [0.3, 0.4) is 0 Å². The fraction of sp³-hybridized carbons (Fsp3) is 0.125. The van der Waals surface area contributed by atoms with Crippen molar-refractivity contribution in [1.29, 1.82) is 0 Å². The zero-order valence-electron chi connectivity index (χ0n) is 6.72. The number of carbonyl (C=O) groups is 1. The Morgan fingerprint density at radius 1 is 1.50 bits per heavy atom. The van der Waals surface area contributed by atoms with Gasteiger partial charge in [-0.2, -0.15) is 0 Å². The molecule has 0 fully saturated rings. The summed E-state index contributed by atoms with van der Waals surface area (Å²) in [5.74, 6) is -4.12. The van der Waals surface area contributed by atoms with Gasteiger partial charge in [0.15, 0.2) is 0 Å². The van der Waals surface area contributed by atoms with Gasteiger partial charge >= 0.3 is 5.97 Å². The SMILES string of the molecule is O=C(O)Cc1c(F)cc(O)c(Br)c1F. The van der Waals surface area contributed by atoms with Crippen molar-refractivity contribution in [3.8, 4) is 5.75 Å². The molecule has 76 valence electrons. The van der Waals surface area contributed by atoms with Gasteiger partial charge in [0, 0.05) is 11.6 Å². The fourth-order valence-electron chi connectivity index (χ4n) is 0.934. The number of rotatable bonds is 2. The molecule has 0 bridgehead atoms. The second-order valence-corrected chi connectivity index (χ2v) is 3.35. The summed E-state index contributed by atoms with van der Waals surface area (Å²) in [6, 6.07) is 0.658. The van der Waals surface area contributed by atoms with E-state index in [-0.39, 0.29) is 4.47 Å². The first-order valence-corrected chi connectivity index (χ1v) is 4.30. The molecule has 0 amide bonds. The normalized spacial score (nSPS) is 10.2. The predicted molar refractivity (Wildman–Crippen MR) is 47.1 cm³/mol. The van der Waals surface area contributed by atoms with Crippen molar-refractivity contribution in [1.82, 2.24) is 0 Å². The minimum Gasteiger partial charge on any atom is -0.507 e. The summed E-state index contributed by atoms with van der Waals surface area (Å²) < 4.78 is 25.8. The summed E-state index contributed by atoms with van der Waals surface area (Å²) in [4.78, 5) is 10.3.